The Bertz CT molecular complexity index is 1200. The molecule has 0 bridgehead atoms. The minimum atomic E-state index is -0.251. The third-order valence-electron chi connectivity index (χ3n) is 5.62. The summed E-state index contributed by atoms with van der Waals surface area (Å²) in [5.74, 6) is 1.02. The number of nitrogens with zero attached hydrogens (tertiary/aromatic N) is 3. The Morgan fingerprint density at radius 2 is 2.13 bits per heavy atom. The molecule has 6 nitrogen and oxygen atoms in total. The molecule has 1 aliphatic heterocycles. The second-order valence-corrected chi connectivity index (χ2v) is 7.66. The molecule has 0 saturated carbocycles. The number of aromatic amines is 1. The maximum atomic E-state index is 13.9. The molecule has 2 aromatic heterocycles. The third-order valence-corrected chi connectivity index (χ3v) is 5.62. The first kappa shape index (κ1) is 18.5. The fraction of sp³-hybridized carbons (Fsp3) is 0.261. The van der Waals surface area contributed by atoms with Crippen molar-refractivity contribution in [1.82, 2.24) is 19.9 Å². The average Bonchev–Trinajstić information content (AvgIpc) is 3.44. The van der Waals surface area contributed by atoms with Gasteiger partial charge in [0.25, 0.3) is 5.91 Å². The zero-order valence-electron chi connectivity index (χ0n) is 16.3. The molecule has 1 amide bonds. The number of halogens is 1. The molecule has 2 aromatic carbocycles. The molecule has 1 fully saturated rings. The van der Waals surface area contributed by atoms with Gasteiger partial charge in [0, 0.05) is 25.1 Å². The van der Waals surface area contributed by atoms with Crippen molar-refractivity contribution in [1.29, 1.82) is 0 Å². The van der Waals surface area contributed by atoms with Gasteiger partial charge in [-0.25, -0.2) is 14.4 Å². The predicted molar refractivity (Wildman–Crippen MR) is 110 cm³/mol. The molecule has 7 heteroatoms. The van der Waals surface area contributed by atoms with E-state index in [2.05, 4.69) is 15.0 Å². The van der Waals surface area contributed by atoms with Crippen LogP contribution in [-0.4, -0.2) is 38.8 Å². The van der Waals surface area contributed by atoms with Gasteiger partial charge < -0.3 is 14.3 Å². The standard InChI is InChI=1S/C23H21FN4O2/c24-19-6-2-1-4-15(19)10-18-12-25-22(30-18)17-5-3-9-28(13-17)23(29)16-7-8-20-21(11-16)27-14-26-20/h1-2,4,6-8,11-12,14,17H,3,5,9-10,13H2,(H,26,27). The molecule has 1 saturated heterocycles. The van der Waals surface area contributed by atoms with Crippen LogP contribution >= 0.6 is 0 Å². The van der Waals surface area contributed by atoms with Crippen molar-refractivity contribution in [3.05, 3.63) is 83.6 Å². The molecule has 1 N–H and O–H groups in total. The second kappa shape index (κ2) is 7.74. The molecule has 0 aliphatic carbocycles. The summed E-state index contributed by atoms with van der Waals surface area (Å²) in [5.41, 5.74) is 2.90. The van der Waals surface area contributed by atoms with E-state index in [-0.39, 0.29) is 17.6 Å². The molecule has 0 radical (unpaired) electrons. The first-order valence-electron chi connectivity index (χ1n) is 10.1. The molecule has 1 unspecified atom stereocenters. The van der Waals surface area contributed by atoms with Gasteiger partial charge >= 0.3 is 0 Å². The Labute approximate surface area is 172 Å². The second-order valence-electron chi connectivity index (χ2n) is 7.66. The Kier molecular flexibility index (Phi) is 4.78. The molecule has 1 atom stereocenters. The highest BCUT2D eigenvalue weighted by Crippen LogP contribution is 2.28. The van der Waals surface area contributed by atoms with Gasteiger partial charge in [-0.3, -0.25) is 4.79 Å². The van der Waals surface area contributed by atoms with Gasteiger partial charge in [-0.1, -0.05) is 18.2 Å². The predicted octanol–water partition coefficient (Wildman–Crippen LogP) is 4.30. The van der Waals surface area contributed by atoms with Crippen LogP contribution in [0.2, 0.25) is 0 Å². The SMILES string of the molecule is O=C(c1ccc2nc[nH]c2c1)N1CCCC(c2ncc(Cc3ccccc3F)o2)C1. The molecule has 0 spiro atoms. The van der Waals surface area contributed by atoms with Crippen LogP contribution in [0.15, 0.2) is 59.4 Å². The normalized spacial score (nSPS) is 16.8. The number of aromatic nitrogens is 3. The monoisotopic (exact) mass is 404 g/mol. The Morgan fingerprint density at radius 3 is 3.03 bits per heavy atom. The third kappa shape index (κ3) is 3.58. The molecule has 30 heavy (non-hydrogen) atoms. The number of carbonyl (C=O) groups excluding carboxylic acids is 1. The first-order chi connectivity index (χ1) is 14.7. The Hall–Kier alpha value is -3.48. The smallest absolute Gasteiger partial charge is 0.253 e. The largest absolute Gasteiger partial charge is 0.445 e. The Balaban J connectivity index is 1.30. The Morgan fingerprint density at radius 1 is 1.23 bits per heavy atom. The lowest BCUT2D eigenvalue weighted by Crippen LogP contribution is -2.39. The number of piperidine rings is 1. The van der Waals surface area contributed by atoms with Crippen LogP contribution in [0.1, 0.15) is 46.3 Å². The molecule has 5 rings (SSSR count). The van der Waals surface area contributed by atoms with Crippen LogP contribution in [-0.2, 0) is 6.42 Å². The molecule has 1 aliphatic rings. The van der Waals surface area contributed by atoms with Crippen molar-refractivity contribution in [2.24, 2.45) is 0 Å². The van der Waals surface area contributed by atoms with Crippen molar-refractivity contribution in [3.63, 3.8) is 0 Å². The number of hydrogen-bond acceptors (Lipinski definition) is 4. The van der Waals surface area contributed by atoms with Crippen LogP contribution in [0.25, 0.3) is 11.0 Å². The van der Waals surface area contributed by atoms with Gasteiger partial charge in [0.1, 0.15) is 11.6 Å². The number of carbonyl (C=O) groups is 1. The highest BCUT2D eigenvalue weighted by Gasteiger charge is 2.28. The van der Waals surface area contributed by atoms with Gasteiger partial charge in [-0.05, 0) is 42.7 Å². The van der Waals surface area contributed by atoms with E-state index >= 15 is 0 Å². The van der Waals surface area contributed by atoms with Crippen molar-refractivity contribution >= 4 is 16.9 Å². The summed E-state index contributed by atoms with van der Waals surface area (Å²) in [6.45, 7) is 1.26. The molecular weight excluding hydrogens is 383 g/mol. The fourth-order valence-corrected chi connectivity index (χ4v) is 4.04. The van der Waals surface area contributed by atoms with Crippen LogP contribution < -0.4 is 0 Å². The lowest BCUT2D eigenvalue weighted by molar-refractivity contribution is 0.0698. The summed E-state index contributed by atoms with van der Waals surface area (Å²) in [4.78, 5) is 26.5. The van der Waals surface area contributed by atoms with E-state index in [1.54, 1.807) is 30.7 Å². The van der Waals surface area contributed by atoms with E-state index in [1.807, 2.05) is 23.1 Å². The lowest BCUT2D eigenvalue weighted by Gasteiger charge is -2.31. The van der Waals surface area contributed by atoms with Gasteiger partial charge in [-0.2, -0.15) is 0 Å². The van der Waals surface area contributed by atoms with E-state index in [9.17, 15) is 9.18 Å². The summed E-state index contributed by atoms with van der Waals surface area (Å²) in [7, 11) is 0. The molecular formula is C23H21FN4O2. The maximum Gasteiger partial charge on any atom is 0.253 e. The summed E-state index contributed by atoms with van der Waals surface area (Å²) < 4.78 is 19.8. The number of oxazole rings is 1. The van der Waals surface area contributed by atoms with E-state index in [1.165, 1.54) is 6.07 Å². The minimum Gasteiger partial charge on any atom is -0.445 e. The quantitative estimate of drug-likeness (QED) is 0.550. The highest BCUT2D eigenvalue weighted by atomic mass is 19.1. The van der Waals surface area contributed by atoms with Crippen molar-refractivity contribution < 1.29 is 13.6 Å². The number of nitrogens with one attached hydrogen (secondary N) is 1. The number of H-pyrrole nitrogens is 1. The van der Waals surface area contributed by atoms with Crippen molar-refractivity contribution in [2.75, 3.05) is 13.1 Å². The van der Waals surface area contributed by atoms with E-state index in [0.717, 1.165) is 23.9 Å². The summed E-state index contributed by atoms with van der Waals surface area (Å²) in [6, 6.07) is 12.2. The number of rotatable bonds is 4. The average molecular weight is 404 g/mol. The lowest BCUT2D eigenvalue weighted by atomic mass is 9.97. The van der Waals surface area contributed by atoms with Crippen molar-refractivity contribution in [3.8, 4) is 0 Å². The number of hydrogen-bond donors (Lipinski definition) is 1. The van der Waals surface area contributed by atoms with Gasteiger partial charge in [0.2, 0.25) is 0 Å². The highest BCUT2D eigenvalue weighted by molar-refractivity contribution is 5.97. The van der Waals surface area contributed by atoms with E-state index in [4.69, 9.17) is 4.42 Å². The summed E-state index contributed by atoms with van der Waals surface area (Å²) >= 11 is 0. The topological polar surface area (TPSA) is 75.0 Å². The number of fused-ring (bicyclic) bond motifs is 1. The summed E-state index contributed by atoms with van der Waals surface area (Å²) in [6.07, 6.45) is 5.43. The van der Waals surface area contributed by atoms with Crippen LogP contribution in [0.5, 0.6) is 0 Å². The number of likely N-dealkylation sites (tertiary alicyclic amines) is 1. The van der Waals surface area contributed by atoms with Crippen LogP contribution in [0.4, 0.5) is 4.39 Å². The zero-order valence-corrected chi connectivity index (χ0v) is 16.3. The van der Waals surface area contributed by atoms with Gasteiger partial charge in [0.15, 0.2) is 5.89 Å². The van der Waals surface area contributed by atoms with E-state index < -0.39 is 0 Å². The fourth-order valence-electron chi connectivity index (χ4n) is 4.04. The molecule has 4 aromatic rings. The molecule has 3 heterocycles. The zero-order chi connectivity index (χ0) is 20.5. The first-order valence-corrected chi connectivity index (χ1v) is 10.1. The maximum absolute atomic E-state index is 13.9. The molecule has 152 valence electrons. The van der Waals surface area contributed by atoms with Gasteiger partial charge in [0.05, 0.1) is 29.5 Å². The van der Waals surface area contributed by atoms with Crippen LogP contribution in [0.3, 0.4) is 0 Å². The number of benzene rings is 2. The van der Waals surface area contributed by atoms with Crippen molar-refractivity contribution in [2.45, 2.75) is 25.2 Å². The minimum absolute atomic E-state index is 0.00524. The van der Waals surface area contributed by atoms with E-state index in [0.29, 0.717) is 42.3 Å². The summed E-state index contributed by atoms with van der Waals surface area (Å²) in [5, 5.41) is 0. The number of imidazole rings is 1. The van der Waals surface area contributed by atoms with Crippen LogP contribution in [0, 0.1) is 5.82 Å². The van der Waals surface area contributed by atoms with Gasteiger partial charge in [-0.15, -0.1) is 0 Å². The number of amides is 1.